The van der Waals surface area contributed by atoms with Crippen LogP contribution in [-0.2, 0) is 6.18 Å². The number of nitrogens with one attached hydrogen (secondary N) is 1. The molecule has 0 unspecified atom stereocenters. The lowest BCUT2D eigenvalue weighted by Gasteiger charge is -2.14. The van der Waals surface area contributed by atoms with Gasteiger partial charge in [-0.3, -0.25) is 4.79 Å². The van der Waals surface area contributed by atoms with Gasteiger partial charge in [0.15, 0.2) is 0 Å². The van der Waals surface area contributed by atoms with E-state index in [4.69, 9.17) is 11.6 Å². The highest BCUT2D eigenvalue weighted by Gasteiger charge is 2.33. The largest absolute Gasteiger partial charge is 0.507 e. The zero-order valence-electron chi connectivity index (χ0n) is 11.7. The molecule has 0 aromatic heterocycles. The number of amides is 1. The van der Waals surface area contributed by atoms with Crippen molar-refractivity contribution in [2.45, 2.75) is 11.1 Å². The number of carbonyl (C=O) groups is 1. The van der Waals surface area contributed by atoms with E-state index < -0.39 is 17.6 Å². The number of anilines is 1. The van der Waals surface area contributed by atoms with E-state index in [0.29, 0.717) is 0 Å². The van der Waals surface area contributed by atoms with Crippen molar-refractivity contribution in [3.8, 4) is 5.75 Å². The van der Waals surface area contributed by atoms with Gasteiger partial charge in [0.25, 0.3) is 5.91 Å². The molecule has 0 atom stereocenters. The first-order valence-electron chi connectivity index (χ1n) is 6.27. The van der Waals surface area contributed by atoms with E-state index in [0.717, 1.165) is 17.8 Å². The molecule has 0 saturated heterocycles. The average molecular weight is 362 g/mol. The summed E-state index contributed by atoms with van der Waals surface area (Å²) in [5.41, 5.74) is -0.988. The molecule has 2 rings (SSSR count). The third-order valence-electron chi connectivity index (χ3n) is 2.97. The number of hydrogen-bond acceptors (Lipinski definition) is 3. The van der Waals surface area contributed by atoms with Crippen molar-refractivity contribution < 1.29 is 23.1 Å². The van der Waals surface area contributed by atoms with Crippen LogP contribution >= 0.6 is 23.4 Å². The number of rotatable bonds is 3. The lowest BCUT2D eigenvalue weighted by atomic mass is 10.1. The molecule has 0 spiro atoms. The van der Waals surface area contributed by atoms with Gasteiger partial charge in [0.05, 0.1) is 11.1 Å². The molecule has 0 fully saturated rings. The van der Waals surface area contributed by atoms with Gasteiger partial charge in [0, 0.05) is 15.6 Å². The van der Waals surface area contributed by atoms with Crippen LogP contribution < -0.4 is 5.32 Å². The number of aromatic hydroxyl groups is 1. The fourth-order valence-corrected chi connectivity index (χ4v) is 2.67. The molecule has 2 aromatic carbocycles. The number of halogens is 4. The van der Waals surface area contributed by atoms with Gasteiger partial charge in [-0.15, -0.1) is 11.8 Å². The Kier molecular flexibility index (Phi) is 5.11. The van der Waals surface area contributed by atoms with Crippen LogP contribution in [0.25, 0.3) is 0 Å². The summed E-state index contributed by atoms with van der Waals surface area (Å²) in [4.78, 5) is 12.1. The maximum Gasteiger partial charge on any atom is 0.417 e. The molecule has 0 aliphatic rings. The Hall–Kier alpha value is -1.86. The molecule has 0 bridgehead atoms. The van der Waals surface area contributed by atoms with Crippen LogP contribution in [0.3, 0.4) is 0 Å². The predicted molar refractivity (Wildman–Crippen MR) is 84.3 cm³/mol. The zero-order valence-corrected chi connectivity index (χ0v) is 13.3. The minimum Gasteiger partial charge on any atom is -0.507 e. The number of carbonyl (C=O) groups excluding carboxylic acids is 1. The van der Waals surface area contributed by atoms with Gasteiger partial charge in [-0.05, 0) is 42.7 Å². The Morgan fingerprint density at radius 1 is 1.22 bits per heavy atom. The molecular formula is C15H11ClF3NO2S. The molecule has 0 radical (unpaired) electrons. The third-order valence-corrected chi connectivity index (χ3v) is 4.00. The van der Waals surface area contributed by atoms with Gasteiger partial charge in [0.2, 0.25) is 0 Å². The van der Waals surface area contributed by atoms with Crippen LogP contribution in [0.1, 0.15) is 15.9 Å². The van der Waals surface area contributed by atoms with Gasteiger partial charge in [-0.25, -0.2) is 0 Å². The van der Waals surface area contributed by atoms with Crippen molar-refractivity contribution in [3.05, 3.63) is 52.5 Å². The number of benzene rings is 2. The summed E-state index contributed by atoms with van der Waals surface area (Å²) in [5.74, 6) is -1.07. The van der Waals surface area contributed by atoms with Crippen molar-refractivity contribution in [2.24, 2.45) is 0 Å². The van der Waals surface area contributed by atoms with Gasteiger partial charge < -0.3 is 10.4 Å². The second kappa shape index (κ2) is 6.72. The monoisotopic (exact) mass is 361 g/mol. The molecule has 0 aliphatic heterocycles. The smallest absolute Gasteiger partial charge is 0.417 e. The van der Waals surface area contributed by atoms with Crippen LogP contribution in [-0.4, -0.2) is 17.3 Å². The number of alkyl halides is 3. The molecule has 0 heterocycles. The lowest BCUT2D eigenvalue weighted by molar-refractivity contribution is -0.139. The van der Waals surface area contributed by atoms with Gasteiger partial charge in [-0.1, -0.05) is 11.6 Å². The maximum absolute atomic E-state index is 13.0. The predicted octanol–water partition coefficient (Wildman–Crippen LogP) is 5.04. The van der Waals surface area contributed by atoms with Crippen LogP contribution in [0.4, 0.5) is 18.9 Å². The van der Waals surface area contributed by atoms with E-state index in [1.807, 2.05) is 0 Å². The van der Waals surface area contributed by atoms with E-state index in [1.54, 1.807) is 0 Å². The number of phenolic OH excluding ortho intramolecular Hbond substituents is 1. The highest BCUT2D eigenvalue weighted by atomic mass is 35.5. The molecule has 8 heteroatoms. The summed E-state index contributed by atoms with van der Waals surface area (Å²) in [5, 5.41) is 12.2. The molecule has 1 amide bonds. The van der Waals surface area contributed by atoms with Gasteiger partial charge in [0.1, 0.15) is 5.75 Å². The van der Waals surface area contributed by atoms with Crippen molar-refractivity contribution >= 4 is 35.0 Å². The molecule has 23 heavy (non-hydrogen) atoms. The van der Waals surface area contributed by atoms with Crippen LogP contribution in [0.15, 0.2) is 41.3 Å². The third kappa shape index (κ3) is 4.11. The van der Waals surface area contributed by atoms with E-state index in [-0.39, 0.29) is 26.9 Å². The topological polar surface area (TPSA) is 49.3 Å². The molecule has 3 nitrogen and oxygen atoms in total. The molecule has 122 valence electrons. The van der Waals surface area contributed by atoms with Gasteiger partial charge >= 0.3 is 6.18 Å². The molecular weight excluding hydrogens is 351 g/mol. The Morgan fingerprint density at radius 3 is 2.52 bits per heavy atom. The first-order valence-corrected chi connectivity index (χ1v) is 7.87. The maximum atomic E-state index is 13.0. The van der Waals surface area contributed by atoms with E-state index in [1.165, 1.54) is 36.6 Å². The average Bonchev–Trinajstić information content (AvgIpc) is 2.48. The second-order valence-corrected chi connectivity index (χ2v) is 5.81. The summed E-state index contributed by atoms with van der Waals surface area (Å²) in [6.45, 7) is 0. The van der Waals surface area contributed by atoms with Gasteiger partial charge in [-0.2, -0.15) is 13.2 Å². The summed E-state index contributed by atoms with van der Waals surface area (Å²) in [6, 6.07) is 7.35. The fourth-order valence-electron chi connectivity index (χ4n) is 1.90. The lowest BCUT2D eigenvalue weighted by Crippen LogP contribution is -2.14. The number of thioether (sulfide) groups is 1. The van der Waals surface area contributed by atoms with E-state index in [2.05, 4.69) is 5.32 Å². The highest BCUT2D eigenvalue weighted by molar-refractivity contribution is 7.98. The summed E-state index contributed by atoms with van der Waals surface area (Å²) < 4.78 is 39.0. The number of phenols is 1. The highest BCUT2D eigenvalue weighted by Crippen LogP contribution is 2.37. The summed E-state index contributed by atoms with van der Waals surface area (Å²) in [7, 11) is 0. The van der Waals surface area contributed by atoms with Crippen molar-refractivity contribution in [1.82, 2.24) is 0 Å². The normalized spacial score (nSPS) is 11.3. The standard InChI is InChI=1S/C15H11ClF3NO2S/c1-23-13-5-3-9(7-11(13)15(17,18)19)20-14(22)10-6-8(16)2-4-12(10)21/h2-7,21H,1H3,(H,20,22). The fraction of sp³-hybridized carbons (Fsp3) is 0.133. The zero-order chi connectivity index (χ0) is 17.2. The Balaban J connectivity index is 2.33. The Labute approximate surface area is 139 Å². The summed E-state index contributed by atoms with van der Waals surface area (Å²) in [6.07, 6.45) is -3.00. The molecule has 2 N–H and O–H groups in total. The minimum atomic E-state index is -4.53. The Bertz CT molecular complexity index is 750. The van der Waals surface area contributed by atoms with Crippen molar-refractivity contribution in [2.75, 3.05) is 11.6 Å². The van der Waals surface area contributed by atoms with E-state index >= 15 is 0 Å². The van der Waals surface area contributed by atoms with Crippen LogP contribution in [0.2, 0.25) is 5.02 Å². The van der Waals surface area contributed by atoms with Crippen LogP contribution in [0.5, 0.6) is 5.75 Å². The Morgan fingerprint density at radius 2 is 1.91 bits per heavy atom. The van der Waals surface area contributed by atoms with Crippen LogP contribution in [0, 0.1) is 0 Å². The minimum absolute atomic E-state index is 0.0282. The molecule has 0 aliphatic carbocycles. The van der Waals surface area contributed by atoms with Crippen molar-refractivity contribution in [1.29, 1.82) is 0 Å². The van der Waals surface area contributed by atoms with Crippen molar-refractivity contribution in [3.63, 3.8) is 0 Å². The first-order chi connectivity index (χ1) is 10.7. The SMILES string of the molecule is CSc1ccc(NC(=O)c2cc(Cl)ccc2O)cc1C(F)(F)F. The molecule has 2 aromatic rings. The number of hydrogen-bond donors (Lipinski definition) is 2. The second-order valence-electron chi connectivity index (χ2n) is 4.53. The quantitative estimate of drug-likeness (QED) is 0.753. The summed E-state index contributed by atoms with van der Waals surface area (Å²) >= 11 is 6.71. The van der Waals surface area contributed by atoms with E-state index in [9.17, 15) is 23.1 Å². The molecule has 0 saturated carbocycles. The first kappa shape index (κ1) is 17.5.